The first-order chi connectivity index (χ1) is 31.4. The molecule has 0 spiro atoms. The van der Waals surface area contributed by atoms with Crippen LogP contribution >= 0.6 is 11.6 Å². The molecule has 4 aliphatic rings. The number of amides is 5. The van der Waals surface area contributed by atoms with Crippen molar-refractivity contribution in [2.45, 2.75) is 63.6 Å². The van der Waals surface area contributed by atoms with Gasteiger partial charge in [0.1, 0.15) is 5.69 Å². The Bertz CT molecular complexity index is 2610. The third-order valence-corrected chi connectivity index (χ3v) is 14.0. The van der Waals surface area contributed by atoms with Crippen LogP contribution in [0.4, 0.5) is 26.2 Å². The Morgan fingerprint density at radius 2 is 1.68 bits per heavy atom. The summed E-state index contributed by atoms with van der Waals surface area (Å²) < 4.78 is 18.4. The molecule has 14 nitrogen and oxygen atoms in total. The third-order valence-electron chi connectivity index (χ3n) is 13.7. The summed E-state index contributed by atoms with van der Waals surface area (Å²) in [5.41, 5.74) is 6.23. The van der Waals surface area contributed by atoms with Gasteiger partial charge in [-0.2, -0.15) is 5.10 Å². The van der Waals surface area contributed by atoms with E-state index in [2.05, 4.69) is 61.4 Å². The van der Waals surface area contributed by atoms with E-state index in [-0.39, 0.29) is 29.7 Å². The zero-order valence-electron chi connectivity index (χ0n) is 37.2. The van der Waals surface area contributed by atoms with Crippen LogP contribution in [0.1, 0.15) is 61.0 Å². The van der Waals surface area contributed by atoms with Crippen LogP contribution in [-0.4, -0.2) is 132 Å². The summed E-state index contributed by atoms with van der Waals surface area (Å²) in [5, 5.41) is 7.71. The second-order valence-electron chi connectivity index (χ2n) is 17.8. The predicted molar refractivity (Wildman–Crippen MR) is 253 cm³/mol. The number of urea groups is 1. The average molecular weight is 904 g/mol. The molecule has 3 fully saturated rings. The Labute approximate surface area is 383 Å². The van der Waals surface area contributed by atoms with E-state index >= 15 is 4.39 Å². The first-order valence-electron chi connectivity index (χ1n) is 22.7. The number of aromatic nitrogens is 3. The molecule has 0 atom stereocenters. The Morgan fingerprint density at radius 1 is 0.908 bits per heavy atom. The number of hydrogen-bond acceptors (Lipinski definition) is 8. The van der Waals surface area contributed by atoms with Crippen molar-refractivity contribution in [1.29, 1.82) is 0 Å². The monoisotopic (exact) mass is 902 g/mol. The van der Waals surface area contributed by atoms with E-state index in [0.717, 1.165) is 79.9 Å². The maximum Gasteiger partial charge on any atom is 0.328 e. The van der Waals surface area contributed by atoms with Gasteiger partial charge < -0.3 is 29.5 Å². The molecule has 5 amide bonds. The number of fused-ring (bicyclic) bond motifs is 1. The number of hydrogen-bond donors (Lipinski definition) is 2. The van der Waals surface area contributed by atoms with Crippen LogP contribution in [-0.2, 0) is 16.1 Å². The smallest absolute Gasteiger partial charge is 0.328 e. The lowest BCUT2D eigenvalue weighted by molar-refractivity contribution is -0.131. The second-order valence-corrected chi connectivity index (χ2v) is 18.3. The van der Waals surface area contributed by atoms with E-state index in [0.29, 0.717) is 78.5 Å². The summed E-state index contributed by atoms with van der Waals surface area (Å²) in [6.07, 6.45) is 10.9. The first kappa shape index (κ1) is 44.0. The molecule has 0 bridgehead atoms. The van der Waals surface area contributed by atoms with Crippen molar-refractivity contribution in [3.8, 4) is 11.1 Å². The predicted octanol–water partition coefficient (Wildman–Crippen LogP) is 7.25. The van der Waals surface area contributed by atoms with E-state index in [4.69, 9.17) is 11.6 Å². The number of anilines is 3. The number of aromatic amines is 1. The van der Waals surface area contributed by atoms with Crippen LogP contribution in [0.15, 0.2) is 79.1 Å². The van der Waals surface area contributed by atoms with Crippen LogP contribution in [0.5, 0.6) is 0 Å². The number of H-pyrrole nitrogens is 1. The van der Waals surface area contributed by atoms with Gasteiger partial charge in [-0.25, -0.2) is 9.18 Å². The van der Waals surface area contributed by atoms with Crippen molar-refractivity contribution in [3.63, 3.8) is 0 Å². The lowest BCUT2D eigenvalue weighted by atomic mass is 9.93. The summed E-state index contributed by atoms with van der Waals surface area (Å²) in [7, 11) is 5.46. The molecule has 0 aliphatic carbocycles. The molecule has 0 unspecified atom stereocenters. The Morgan fingerprint density at radius 3 is 2.38 bits per heavy atom. The van der Waals surface area contributed by atoms with Crippen LogP contribution in [0.25, 0.3) is 27.6 Å². The fourth-order valence-electron chi connectivity index (χ4n) is 9.95. The molecule has 65 heavy (non-hydrogen) atoms. The van der Waals surface area contributed by atoms with E-state index in [1.54, 1.807) is 40.8 Å². The lowest BCUT2D eigenvalue weighted by Gasteiger charge is -2.44. The van der Waals surface area contributed by atoms with Crippen LogP contribution < -0.4 is 20.0 Å². The number of carbonyl (C=O) groups excluding carboxylic acids is 4. The molecule has 0 radical (unpaired) electrons. The Kier molecular flexibility index (Phi) is 12.7. The minimum Gasteiger partial charge on any atom is -0.371 e. The topological polar surface area (TPSA) is 133 Å². The number of likely N-dealkylation sites (tertiary alicyclic amines) is 1. The standard InChI is InChI=1S/C49H56ClFN10O4/c1-55(2)48(64)42-30-40-38(29-39(46(51)47(40)53-42)33-6-4-20-59(31-33)45(63)18-26-60-21-5-19-52-60)32-7-9-35(10-8-32)57-24-15-36(16-25-57)58-22-13-34(14-23-58)56(3)37-11-12-41(50)43(28-37)61-27-17-44(62)54-49(61)65/h5-12,19,21,28-30,34,36,53H,4,13-18,20,22-27,31H2,1-3H3,(H,54,62,65). The highest BCUT2D eigenvalue weighted by Gasteiger charge is 2.32. The molecule has 16 heteroatoms. The number of aryl methyl sites for hydroxylation is 1. The van der Waals surface area contributed by atoms with Crippen LogP contribution in [0.3, 0.4) is 0 Å². The Balaban J connectivity index is 0.850. The molecule has 6 heterocycles. The highest BCUT2D eigenvalue weighted by atomic mass is 35.5. The number of imide groups is 1. The zero-order valence-corrected chi connectivity index (χ0v) is 38.0. The maximum absolute atomic E-state index is 16.6. The maximum atomic E-state index is 16.6. The van der Waals surface area contributed by atoms with Crippen molar-refractivity contribution in [3.05, 3.63) is 101 Å². The third kappa shape index (κ3) is 9.21. The molecule has 340 valence electrons. The molecule has 5 aromatic rings. The molecule has 9 rings (SSSR count). The number of carbonyl (C=O) groups is 4. The second kappa shape index (κ2) is 18.7. The summed E-state index contributed by atoms with van der Waals surface area (Å²) in [5.74, 6) is -0.954. The highest BCUT2D eigenvalue weighted by Crippen LogP contribution is 2.39. The van der Waals surface area contributed by atoms with E-state index in [9.17, 15) is 19.2 Å². The van der Waals surface area contributed by atoms with Crippen molar-refractivity contribution < 1.29 is 23.6 Å². The number of piperidine rings is 2. The number of nitrogens with zero attached hydrogens (tertiary/aromatic N) is 8. The van der Waals surface area contributed by atoms with Crippen molar-refractivity contribution in [2.75, 3.05) is 81.7 Å². The molecule has 2 N–H and O–H groups in total. The molecular formula is C49H56ClFN10O4. The number of rotatable bonds is 11. The average Bonchev–Trinajstić information content (AvgIpc) is 4.03. The van der Waals surface area contributed by atoms with Crippen LogP contribution in [0.2, 0.25) is 5.02 Å². The highest BCUT2D eigenvalue weighted by molar-refractivity contribution is 6.34. The fourth-order valence-corrected chi connectivity index (χ4v) is 10.2. The van der Waals surface area contributed by atoms with Gasteiger partial charge in [0.15, 0.2) is 5.82 Å². The van der Waals surface area contributed by atoms with Crippen molar-refractivity contribution >= 4 is 68.9 Å². The molecule has 2 aromatic heterocycles. The van der Waals surface area contributed by atoms with Gasteiger partial charge in [-0.3, -0.25) is 29.3 Å². The van der Waals surface area contributed by atoms with Gasteiger partial charge in [0.05, 0.1) is 16.2 Å². The largest absolute Gasteiger partial charge is 0.371 e. The quantitative estimate of drug-likeness (QED) is 0.142. The minimum absolute atomic E-state index is 0.00257. The molecule has 4 aliphatic heterocycles. The van der Waals surface area contributed by atoms with Gasteiger partial charge in [-0.15, -0.1) is 0 Å². The Hall–Kier alpha value is -6.19. The minimum atomic E-state index is -0.444. The first-order valence-corrected chi connectivity index (χ1v) is 23.0. The number of benzene rings is 3. The van der Waals surface area contributed by atoms with Gasteiger partial charge in [0.25, 0.3) is 5.91 Å². The van der Waals surface area contributed by atoms with Gasteiger partial charge in [-0.05, 0) is 97.3 Å². The number of halogens is 2. The lowest BCUT2D eigenvalue weighted by Crippen LogP contribution is -2.51. The van der Waals surface area contributed by atoms with E-state index in [1.165, 1.54) is 4.90 Å². The molecule has 3 aromatic carbocycles. The summed E-state index contributed by atoms with van der Waals surface area (Å²) in [4.78, 5) is 66.0. The van der Waals surface area contributed by atoms with Gasteiger partial charge in [-0.1, -0.05) is 29.8 Å². The van der Waals surface area contributed by atoms with Gasteiger partial charge in [0, 0.05) is 133 Å². The van der Waals surface area contributed by atoms with Crippen molar-refractivity contribution in [1.82, 2.24) is 34.8 Å². The normalized spacial score (nSPS) is 18.0. The number of nitrogens with one attached hydrogen (secondary N) is 2. The summed E-state index contributed by atoms with van der Waals surface area (Å²) in [6, 6.07) is 20.1. The van der Waals surface area contributed by atoms with E-state index in [1.807, 2.05) is 42.6 Å². The zero-order chi connectivity index (χ0) is 45.4. The van der Waals surface area contributed by atoms with Crippen molar-refractivity contribution in [2.24, 2.45) is 0 Å². The van der Waals surface area contributed by atoms with E-state index < -0.39 is 11.8 Å². The molecule has 0 saturated carbocycles. The summed E-state index contributed by atoms with van der Waals surface area (Å²) >= 11 is 6.54. The van der Waals surface area contributed by atoms with Crippen LogP contribution in [0, 0.1) is 5.82 Å². The van der Waals surface area contributed by atoms with Gasteiger partial charge in [0.2, 0.25) is 11.8 Å². The fraction of sp³-hybridized carbons (Fsp3) is 0.408. The molecular weight excluding hydrogens is 847 g/mol. The van der Waals surface area contributed by atoms with Gasteiger partial charge >= 0.3 is 6.03 Å². The molecule has 3 saturated heterocycles. The SMILES string of the molecule is CN(C)C(=O)c1cc2c(-c3ccc(N4CCC(N5CCC(N(C)c6ccc(Cl)c(N7CCC(=O)NC7=O)c6)CC5)CC4)cc3)cc(C3=CCCN(C(=O)CCn4cccn4)C3)c(F)c2[nH]1. The summed E-state index contributed by atoms with van der Waals surface area (Å²) in [6.45, 7) is 5.55.